The zero-order chi connectivity index (χ0) is 7.94. The summed E-state index contributed by atoms with van der Waals surface area (Å²) in [6, 6.07) is 0. The molecule has 1 fully saturated rings. The Morgan fingerprint density at radius 2 is 1.73 bits per heavy atom. The molecule has 1 aliphatic heterocycles. The highest BCUT2D eigenvalue weighted by Crippen LogP contribution is 2.37. The van der Waals surface area contributed by atoms with E-state index in [1.54, 1.807) is 12.0 Å². The molecule has 0 amide bonds. The van der Waals surface area contributed by atoms with Crippen molar-refractivity contribution in [3.63, 3.8) is 0 Å². The summed E-state index contributed by atoms with van der Waals surface area (Å²) < 4.78 is 5.05. The molecule has 66 valence electrons. The van der Waals surface area contributed by atoms with Crippen molar-refractivity contribution >= 4 is 12.0 Å². The van der Waals surface area contributed by atoms with Gasteiger partial charge >= 0.3 is 0 Å². The van der Waals surface area contributed by atoms with Crippen LogP contribution in [0.3, 0.4) is 0 Å². The smallest absolute Gasteiger partial charge is 0.143 e. The molecule has 0 saturated carbocycles. The van der Waals surface area contributed by atoms with Crippen molar-refractivity contribution < 1.29 is 4.18 Å². The van der Waals surface area contributed by atoms with Gasteiger partial charge in [-0.3, -0.25) is 4.18 Å². The number of hydrogen-bond donors (Lipinski definition) is 0. The molecule has 1 saturated heterocycles. The lowest BCUT2D eigenvalue weighted by Gasteiger charge is -1.97. The second-order valence-corrected chi connectivity index (χ2v) is 4.09. The molecule has 1 heterocycles. The van der Waals surface area contributed by atoms with Crippen molar-refractivity contribution in [3.05, 3.63) is 0 Å². The van der Waals surface area contributed by atoms with E-state index < -0.39 is 0 Å². The van der Waals surface area contributed by atoms with Crippen LogP contribution < -0.4 is 0 Å². The number of rotatable bonds is 7. The molecule has 0 spiro atoms. The largest absolute Gasteiger partial charge is 0.296 e. The average molecular weight is 174 g/mol. The molecular formula is C9H18OS. The van der Waals surface area contributed by atoms with Gasteiger partial charge in [0, 0.05) is 12.0 Å². The molecule has 0 bridgehead atoms. The van der Waals surface area contributed by atoms with Crippen molar-refractivity contribution in [1.29, 1.82) is 0 Å². The minimum absolute atomic E-state index is 0.571. The summed E-state index contributed by atoms with van der Waals surface area (Å²) in [5, 5.41) is 0. The predicted molar refractivity (Wildman–Crippen MR) is 50.5 cm³/mol. The minimum Gasteiger partial charge on any atom is -0.296 e. The molecule has 11 heavy (non-hydrogen) atoms. The highest BCUT2D eigenvalue weighted by molar-refractivity contribution is 8.00. The Bertz CT molecular complexity index is 91.6. The molecule has 1 rings (SSSR count). The minimum atomic E-state index is 0.571. The third-order valence-corrected chi connectivity index (χ3v) is 2.73. The van der Waals surface area contributed by atoms with Crippen LogP contribution in [0.2, 0.25) is 0 Å². The van der Waals surface area contributed by atoms with Crippen molar-refractivity contribution in [3.8, 4) is 0 Å². The fourth-order valence-electron chi connectivity index (χ4n) is 1.23. The van der Waals surface area contributed by atoms with E-state index >= 15 is 0 Å². The van der Waals surface area contributed by atoms with Gasteiger partial charge in [-0.15, -0.1) is 0 Å². The highest BCUT2D eigenvalue weighted by Gasteiger charge is 2.23. The second kappa shape index (κ2) is 5.90. The zero-order valence-electron chi connectivity index (χ0n) is 7.34. The van der Waals surface area contributed by atoms with E-state index in [1.165, 1.54) is 44.9 Å². The predicted octanol–water partition coefficient (Wildman–Crippen LogP) is 3.74. The first kappa shape index (κ1) is 9.40. The average Bonchev–Trinajstić information content (AvgIpc) is 2.80. The van der Waals surface area contributed by atoms with Gasteiger partial charge in [-0.1, -0.05) is 39.0 Å². The SMILES string of the molecule is CCCCCCCCC1OS1. The van der Waals surface area contributed by atoms with Gasteiger partial charge in [0.1, 0.15) is 5.44 Å². The van der Waals surface area contributed by atoms with E-state index in [9.17, 15) is 0 Å². The van der Waals surface area contributed by atoms with Gasteiger partial charge in [0.2, 0.25) is 0 Å². The van der Waals surface area contributed by atoms with E-state index in [0.29, 0.717) is 5.44 Å². The Labute approximate surface area is 74.1 Å². The first-order valence-electron chi connectivity index (χ1n) is 4.75. The summed E-state index contributed by atoms with van der Waals surface area (Å²) in [5.41, 5.74) is 0.571. The molecule has 1 nitrogen and oxygen atoms in total. The van der Waals surface area contributed by atoms with Crippen molar-refractivity contribution in [2.24, 2.45) is 0 Å². The Balaban J connectivity index is 1.66. The molecule has 0 aromatic rings. The van der Waals surface area contributed by atoms with Crippen LogP contribution in [0.5, 0.6) is 0 Å². The molecule has 0 aliphatic carbocycles. The maximum absolute atomic E-state index is 5.05. The number of hydrogen-bond acceptors (Lipinski definition) is 2. The quantitative estimate of drug-likeness (QED) is 0.331. The lowest BCUT2D eigenvalue weighted by molar-refractivity contribution is 0.424. The van der Waals surface area contributed by atoms with Crippen molar-refractivity contribution in [2.45, 2.75) is 57.3 Å². The Kier molecular flexibility index (Phi) is 5.04. The van der Waals surface area contributed by atoms with Crippen LogP contribution in [0.1, 0.15) is 51.9 Å². The van der Waals surface area contributed by atoms with Gasteiger partial charge in [-0.05, 0) is 12.8 Å². The molecular weight excluding hydrogens is 156 g/mol. The monoisotopic (exact) mass is 174 g/mol. The lowest BCUT2D eigenvalue weighted by Crippen LogP contribution is -1.83. The summed E-state index contributed by atoms with van der Waals surface area (Å²) in [7, 11) is 0. The van der Waals surface area contributed by atoms with Crippen LogP contribution in [-0.4, -0.2) is 5.44 Å². The molecule has 1 aliphatic rings. The number of unbranched alkanes of at least 4 members (excludes halogenated alkanes) is 5. The molecule has 0 N–H and O–H groups in total. The maximum atomic E-state index is 5.05. The third-order valence-electron chi connectivity index (χ3n) is 2.03. The molecule has 0 radical (unpaired) electrons. The summed E-state index contributed by atoms with van der Waals surface area (Å²) in [4.78, 5) is 0. The summed E-state index contributed by atoms with van der Waals surface area (Å²) in [5.74, 6) is 0. The van der Waals surface area contributed by atoms with Crippen LogP contribution in [0, 0.1) is 0 Å². The van der Waals surface area contributed by atoms with Crippen LogP contribution in [0.15, 0.2) is 0 Å². The zero-order valence-corrected chi connectivity index (χ0v) is 8.16. The van der Waals surface area contributed by atoms with Gasteiger partial charge in [0.15, 0.2) is 0 Å². The normalized spacial score (nSPS) is 22.1. The van der Waals surface area contributed by atoms with Crippen LogP contribution in [0.4, 0.5) is 0 Å². The lowest BCUT2D eigenvalue weighted by atomic mass is 10.1. The van der Waals surface area contributed by atoms with E-state index in [1.807, 2.05) is 0 Å². The van der Waals surface area contributed by atoms with Gasteiger partial charge in [-0.2, -0.15) is 0 Å². The van der Waals surface area contributed by atoms with Gasteiger partial charge in [0.05, 0.1) is 0 Å². The Hall–Kier alpha value is 0.310. The fourth-order valence-corrected chi connectivity index (χ4v) is 1.66. The maximum Gasteiger partial charge on any atom is 0.143 e. The topological polar surface area (TPSA) is 12.5 Å². The second-order valence-electron chi connectivity index (χ2n) is 3.18. The van der Waals surface area contributed by atoms with E-state index in [-0.39, 0.29) is 0 Å². The summed E-state index contributed by atoms with van der Waals surface area (Å²) in [6.45, 7) is 2.26. The van der Waals surface area contributed by atoms with Gasteiger partial charge in [0.25, 0.3) is 0 Å². The van der Waals surface area contributed by atoms with E-state index in [2.05, 4.69) is 6.92 Å². The van der Waals surface area contributed by atoms with Gasteiger partial charge in [-0.25, -0.2) is 0 Å². The van der Waals surface area contributed by atoms with Crippen molar-refractivity contribution in [2.75, 3.05) is 0 Å². The first-order valence-corrected chi connectivity index (χ1v) is 5.56. The molecule has 0 aromatic heterocycles. The molecule has 2 heteroatoms. The summed E-state index contributed by atoms with van der Waals surface area (Å²) >= 11 is 1.64. The Morgan fingerprint density at radius 3 is 2.36 bits per heavy atom. The third kappa shape index (κ3) is 5.57. The van der Waals surface area contributed by atoms with Crippen molar-refractivity contribution in [1.82, 2.24) is 0 Å². The van der Waals surface area contributed by atoms with Crippen LogP contribution in [-0.2, 0) is 4.18 Å². The first-order chi connectivity index (χ1) is 5.43. The van der Waals surface area contributed by atoms with Crippen LogP contribution in [0.25, 0.3) is 0 Å². The molecule has 1 unspecified atom stereocenters. The fraction of sp³-hybridized carbons (Fsp3) is 1.00. The van der Waals surface area contributed by atoms with E-state index in [4.69, 9.17) is 4.18 Å². The van der Waals surface area contributed by atoms with E-state index in [0.717, 1.165) is 0 Å². The summed E-state index contributed by atoms with van der Waals surface area (Å²) in [6.07, 6.45) is 9.65. The van der Waals surface area contributed by atoms with Crippen LogP contribution >= 0.6 is 12.0 Å². The van der Waals surface area contributed by atoms with Gasteiger partial charge < -0.3 is 0 Å². The molecule has 1 atom stereocenters. The standard InChI is InChI=1S/C9H18OS/c1-2-3-4-5-6-7-8-9-10-11-9/h9H,2-8H2,1H3. The Morgan fingerprint density at radius 1 is 1.09 bits per heavy atom. The highest BCUT2D eigenvalue weighted by atomic mass is 32.2. The molecule has 0 aromatic carbocycles.